The van der Waals surface area contributed by atoms with Crippen molar-refractivity contribution >= 4 is 17.4 Å². The largest absolute Gasteiger partial charge is 0.507 e. The number of methoxy groups -OCH3 is 1. The number of hydrogen-bond acceptors (Lipinski definition) is 6. The molecule has 3 aromatic carbocycles. The van der Waals surface area contributed by atoms with E-state index in [0.717, 1.165) is 11.1 Å². The highest BCUT2D eigenvalue weighted by Gasteiger charge is 2.46. The summed E-state index contributed by atoms with van der Waals surface area (Å²) in [5.41, 5.74) is 3.02. The summed E-state index contributed by atoms with van der Waals surface area (Å²) in [7, 11) is 1.59. The Labute approximate surface area is 229 Å². The Morgan fingerprint density at radius 2 is 1.77 bits per heavy atom. The molecule has 1 heterocycles. The van der Waals surface area contributed by atoms with Crippen LogP contribution < -0.4 is 9.47 Å². The highest BCUT2D eigenvalue weighted by atomic mass is 16.5. The zero-order chi connectivity index (χ0) is 27.9. The second-order valence-electron chi connectivity index (χ2n) is 9.83. The fraction of sp³-hybridized carbons (Fsp3) is 0.312. The lowest BCUT2D eigenvalue weighted by Crippen LogP contribution is -2.31. The fourth-order valence-electron chi connectivity index (χ4n) is 4.72. The molecule has 1 amide bonds. The SMILES string of the molecule is COCCCN1C(=O)C(=O)/C(=C(/O)c2ccc(OCc3ccccc3)c(C)c2)C1c1cccc(OC(C)C)c1. The molecule has 0 saturated carbocycles. The molecule has 1 N–H and O–H groups in total. The number of carbonyl (C=O) groups is 2. The number of aliphatic hydroxyl groups is 1. The molecule has 1 atom stereocenters. The molecule has 1 aliphatic heterocycles. The average Bonchev–Trinajstić information content (AvgIpc) is 3.17. The lowest BCUT2D eigenvalue weighted by Gasteiger charge is -2.26. The van der Waals surface area contributed by atoms with Gasteiger partial charge in [0, 0.05) is 25.8 Å². The molecule has 0 aliphatic carbocycles. The van der Waals surface area contributed by atoms with E-state index in [-0.39, 0.29) is 17.4 Å². The topological polar surface area (TPSA) is 85.3 Å². The van der Waals surface area contributed by atoms with Gasteiger partial charge in [0.2, 0.25) is 0 Å². The highest BCUT2D eigenvalue weighted by Crippen LogP contribution is 2.41. The molecular weight excluding hydrogens is 494 g/mol. The molecule has 39 heavy (non-hydrogen) atoms. The van der Waals surface area contributed by atoms with Gasteiger partial charge in [-0.3, -0.25) is 9.59 Å². The van der Waals surface area contributed by atoms with Crippen molar-refractivity contribution in [2.75, 3.05) is 20.3 Å². The summed E-state index contributed by atoms with van der Waals surface area (Å²) in [5, 5.41) is 11.5. The Morgan fingerprint density at radius 3 is 2.46 bits per heavy atom. The van der Waals surface area contributed by atoms with Crippen molar-refractivity contribution in [2.24, 2.45) is 0 Å². The molecule has 1 aliphatic rings. The summed E-state index contributed by atoms with van der Waals surface area (Å²) in [5.74, 6) is -0.286. The van der Waals surface area contributed by atoms with Crippen LogP contribution in [-0.2, 0) is 20.9 Å². The van der Waals surface area contributed by atoms with E-state index in [4.69, 9.17) is 14.2 Å². The number of ketones is 1. The summed E-state index contributed by atoms with van der Waals surface area (Å²) in [4.78, 5) is 28.0. The molecule has 204 valence electrons. The van der Waals surface area contributed by atoms with Gasteiger partial charge in [-0.15, -0.1) is 0 Å². The van der Waals surface area contributed by atoms with Crippen molar-refractivity contribution in [3.05, 3.63) is 101 Å². The van der Waals surface area contributed by atoms with Gasteiger partial charge in [0.05, 0.1) is 17.7 Å². The number of aliphatic hydroxyl groups excluding tert-OH is 1. The van der Waals surface area contributed by atoms with Crippen LogP contribution in [0, 0.1) is 6.92 Å². The number of Topliss-reactive ketones (excluding diaryl/α,β-unsaturated/α-hetero) is 1. The first-order chi connectivity index (χ1) is 18.8. The first-order valence-electron chi connectivity index (χ1n) is 13.1. The number of benzene rings is 3. The van der Waals surface area contributed by atoms with E-state index in [1.165, 1.54) is 4.90 Å². The van der Waals surface area contributed by atoms with Gasteiger partial charge in [0.1, 0.15) is 23.9 Å². The maximum Gasteiger partial charge on any atom is 0.295 e. The molecule has 0 spiro atoms. The van der Waals surface area contributed by atoms with Crippen LogP contribution in [0.3, 0.4) is 0 Å². The Morgan fingerprint density at radius 1 is 1.00 bits per heavy atom. The first kappa shape index (κ1) is 27.9. The quantitative estimate of drug-likeness (QED) is 0.146. The van der Waals surface area contributed by atoms with Gasteiger partial charge in [0.15, 0.2) is 0 Å². The number of likely N-dealkylation sites (tertiary alicyclic amines) is 1. The third kappa shape index (κ3) is 6.49. The smallest absolute Gasteiger partial charge is 0.295 e. The normalized spacial score (nSPS) is 16.6. The molecule has 3 aromatic rings. The summed E-state index contributed by atoms with van der Waals surface area (Å²) < 4.78 is 17.0. The second kappa shape index (κ2) is 12.6. The van der Waals surface area contributed by atoms with E-state index in [0.29, 0.717) is 48.8 Å². The van der Waals surface area contributed by atoms with Crippen LogP contribution in [-0.4, -0.2) is 48.1 Å². The van der Waals surface area contributed by atoms with Crippen LogP contribution in [0.1, 0.15) is 48.6 Å². The predicted octanol–water partition coefficient (Wildman–Crippen LogP) is 5.82. The third-order valence-corrected chi connectivity index (χ3v) is 6.52. The molecule has 4 rings (SSSR count). The molecule has 0 aromatic heterocycles. The van der Waals surface area contributed by atoms with Crippen LogP contribution in [0.2, 0.25) is 0 Å². The zero-order valence-electron chi connectivity index (χ0n) is 22.8. The predicted molar refractivity (Wildman–Crippen MR) is 150 cm³/mol. The van der Waals surface area contributed by atoms with E-state index >= 15 is 0 Å². The maximum absolute atomic E-state index is 13.3. The monoisotopic (exact) mass is 529 g/mol. The van der Waals surface area contributed by atoms with Gasteiger partial charge in [-0.05, 0) is 74.2 Å². The van der Waals surface area contributed by atoms with Crippen molar-refractivity contribution in [2.45, 2.75) is 45.9 Å². The second-order valence-corrected chi connectivity index (χ2v) is 9.83. The van der Waals surface area contributed by atoms with Crippen molar-refractivity contribution < 1.29 is 28.9 Å². The van der Waals surface area contributed by atoms with Crippen LogP contribution >= 0.6 is 0 Å². The standard InChI is InChI=1S/C32H35NO6/c1-21(2)39-26-13-8-12-24(19-26)29-28(31(35)32(36)33(29)16-9-17-37-4)30(34)25-14-15-27(22(3)18-25)38-20-23-10-6-5-7-11-23/h5-8,10-15,18-19,21,29,34H,9,16-17,20H2,1-4H3/b30-28+. The first-order valence-corrected chi connectivity index (χ1v) is 13.1. The number of carbonyl (C=O) groups excluding carboxylic acids is 2. The number of amides is 1. The zero-order valence-corrected chi connectivity index (χ0v) is 22.8. The molecule has 1 saturated heterocycles. The summed E-state index contributed by atoms with van der Waals surface area (Å²) >= 11 is 0. The number of rotatable bonds is 11. The highest BCUT2D eigenvalue weighted by molar-refractivity contribution is 6.46. The minimum atomic E-state index is -0.758. The Bertz CT molecular complexity index is 1350. The lowest BCUT2D eigenvalue weighted by atomic mass is 9.94. The number of hydrogen-bond donors (Lipinski definition) is 1. The van der Waals surface area contributed by atoms with Gasteiger partial charge >= 0.3 is 0 Å². The van der Waals surface area contributed by atoms with E-state index in [1.807, 2.05) is 75.4 Å². The van der Waals surface area contributed by atoms with E-state index < -0.39 is 17.7 Å². The van der Waals surface area contributed by atoms with Crippen molar-refractivity contribution in [3.63, 3.8) is 0 Å². The van der Waals surface area contributed by atoms with Gasteiger partial charge in [0.25, 0.3) is 11.7 Å². The van der Waals surface area contributed by atoms with Crippen LogP contribution in [0.15, 0.2) is 78.4 Å². The van der Waals surface area contributed by atoms with Crippen molar-refractivity contribution in [1.82, 2.24) is 4.90 Å². The summed E-state index contributed by atoms with van der Waals surface area (Å²) in [6.45, 7) is 6.90. The third-order valence-electron chi connectivity index (χ3n) is 6.52. The lowest BCUT2D eigenvalue weighted by molar-refractivity contribution is -0.140. The van der Waals surface area contributed by atoms with Gasteiger partial charge in [-0.1, -0.05) is 42.5 Å². The molecule has 7 nitrogen and oxygen atoms in total. The van der Waals surface area contributed by atoms with Crippen molar-refractivity contribution in [3.8, 4) is 11.5 Å². The number of ether oxygens (including phenoxy) is 3. The molecule has 0 radical (unpaired) electrons. The van der Waals surface area contributed by atoms with Gasteiger partial charge in [-0.2, -0.15) is 0 Å². The number of nitrogens with zero attached hydrogens (tertiary/aromatic N) is 1. The number of aryl methyl sites for hydroxylation is 1. The van der Waals surface area contributed by atoms with E-state index in [1.54, 1.807) is 25.3 Å². The minimum absolute atomic E-state index is 0.0427. The van der Waals surface area contributed by atoms with Gasteiger partial charge in [-0.25, -0.2) is 0 Å². The summed E-state index contributed by atoms with van der Waals surface area (Å²) in [6.07, 6.45) is 0.508. The molecule has 1 fully saturated rings. The van der Waals surface area contributed by atoms with Gasteiger partial charge < -0.3 is 24.2 Å². The summed E-state index contributed by atoms with van der Waals surface area (Å²) in [6, 6.07) is 21.6. The van der Waals surface area contributed by atoms with Crippen LogP contribution in [0.5, 0.6) is 11.5 Å². The average molecular weight is 530 g/mol. The Kier molecular flexibility index (Phi) is 9.04. The minimum Gasteiger partial charge on any atom is -0.507 e. The van der Waals surface area contributed by atoms with E-state index in [2.05, 4.69) is 0 Å². The molecule has 7 heteroatoms. The Hall–Kier alpha value is -4.10. The molecule has 0 bridgehead atoms. The Balaban J connectivity index is 1.70. The maximum atomic E-state index is 13.3. The fourth-order valence-corrected chi connectivity index (χ4v) is 4.72. The van der Waals surface area contributed by atoms with Crippen molar-refractivity contribution in [1.29, 1.82) is 0 Å². The van der Waals surface area contributed by atoms with Crippen LogP contribution in [0.25, 0.3) is 5.76 Å². The van der Waals surface area contributed by atoms with Crippen LogP contribution in [0.4, 0.5) is 0 Å². The van der Waals surface area contributed by atoms with E-state index in [9.17, 15) is 14.7 Å². The molecule has 1 unspecified atom stereocenters. The molecular formula is C32H35NO6.